The normalized spacial score (nSPS) is 19.3. The van der Waals surface area contributed by atoms with E-state index in [-0.39, 0.29) is 12.4 Å². The minimum Gasteiger partial charge on any atom is -1.00 e. The van der Waals surface area contributed by atoms with Gasteiger partial charge in [-0.15, -0.1) is 0 Å². The van der Waals surface area contributed by atoms with E-state index in [1.54, 1.807) is 21.3 Å². The van der Waals surface area contributed by atoms with Crippen molar-refractivity contribution in [3.8, 4) is 0 Å². The summed E-state index contributed by atoms with van der Waals surface area (Å²) in [5, 5.41) is 0. The maximum Gasteiger partial charge on any atom is 0.500 e. The Labute approximate surface area is 208 Å². The van der Waals surface area contributed by atoms with E-state index < -0.39 is 8.80 Å². The Morgan fingerprint density at radius 1 is 0.688 bits per heavy atom. The second-order valence-electron chi connectivity index (χ2n) is 10.5. The molecule has 1 aliphatic heterocycles. The lowest BCUT2D eigenvalue weighted by atomic mass is 9.84. The minimum absolute atomic E-state index is 0. The fraction of sp³-hybridized carbons (Fsp3) is 1.00. The van der Waals surface area contributed by atoms with Crippen LogP contribution in [0.15, 0.2) is 0 Å². The molecule has 0 spiro atoms. The Morgan fingerprint density at radius 2 is 1.12 bits per heavy atom. The van der Waals surface area contributed by atoms with Gasteiger partial charge in [0.25, 0.3) is 0 Å². The van der Waals surface area contributed by atoms with E-state index in [1.165, 1.54) is 114 Å². The smallest absolute Gasteiger partial charge is 0.500 e. The summed E-state index contributed by atoms with van der Waals surface area (Å²) in [6, 6.07) is 0.920. The molecule has 1 unspecified atom stereocenters. The lowest BCUT2D eigenvalue weighted by Gasteiger charge is -2.50. The predicted octanol–water partition coefficient (Wildman–Crippen LogP) is 4.35. The first kappa shape index (κ1) is 32.3. The molecule has 1 aliphatic rings. The average Bonchev–Trinajstić information content (AvgIpc) is 2.89. The fourth-order valence-corrected chi connectivity index (χ4v) is 7.37. The van der Waals surface area contributed by atoms with E-state index in [2.05, 4.69) is 20.9 Å². The van der Waals surface area contributed by atoms with E-state index in [1.807, 2.05) is 0 Å². The highest BCUT2D eigenvalue weighted by molar-refractivity contribution is 6.60. The third-order valence-corrected chi connectivity index (χ3v) is 11.1. The van der Waals surface area contributed by atoms with Crippen LogP contribution in [-0.2, 0) is 13.3 Å². The molecule has 1 atom stereocenters. The van der Waals surface area contributed by atoms with E-state index in [0.717, 1.165) is 12.5 Å². The molecule has 0 saturated carbocycles. The summed E-state index contributed by atoms with van der Waals surface area (Å²) in [5.74, 6) is 0. The molecule has 1 heterocycles. The van der Waals surface area contributed by atoms with E-state index in [9.17, 15) is 0 Å². The van der Waals surface area contributed by atoms with Crippen molar-refractivity contribution >= 4 is 8.80 Å². The summed E-state index contributed by atoms with van der Waals surface area (Å²) in [5.41, 5.74) is 0.336. The van der Waals surface area contributed by atoms with Gasteiger partial charge in [0.1, 0.15) is 0 Å². The van der Waals surface area contributed by atoms with Crippen molar-refractivity contribution < 1.29 is 30.2 Å². The first-order chi connectivity index (χ1) is 14.9. The average molecular weight is 494 g/mol. The third kappa shape index (κ3) is 10.7. The van der Waals surface area contributed by atoms with Crippen molar-refractivity contribution in [3.05, 3.63) is 0 Å². The van der Waals surface area contributed by atoms with Crippen molar-refractivity contribution in [2.45, 2.75) is 128 Å². The Balaban J connectivity index is 0.00000961. The van der Waals surface area contributed by atoms with E-state index in [0.29, 0.717) is 5.54 Å². The number of hydrogen-bond acceptors (Lipinski definition) is 3. The zero-order valence-corrected chi connectivity index (χ0v) is 24.2. The molecule has 0 aromatic heterocycles. The van der Waals surface area contributed by atoms with Gasteiger partial charge in [-0.3, -0.25) is 0 Å². The van der Waals surface area contributed by atoms with Crippen LogP contribution in [-0.4, -0.2) is 60.3 Å². The molecule has 0 amide bonds. The highest BCUT2D eigenvalue weighted by atomic mass is 35.5. The van der Waals surface area contributed by atoms with E-state index >= 15 is 0 Å². The molecule has 1 fully saturated rings. The first-order valence-electron chi connectivity index (χ1n) is 13.4. The summed E-state index contributed by atoms with van der Waals surface area (Å²) in [6.45, 7) is 7.58. The zero-order chi connectivity index (χ0) is 23.1. The lowest BCUT2D eigenvalue weighted by molar-refractivity contribution is -0.959. The topological polar surface area (TPSA) is 27.7 Å². The third-order valence-electron chi connectivity index (χ3n) is 8.31. The van der Waals surface area contributed by atoms with Gasteiger partial charge in [0.05, 0.1) is 25.7 Å². The maximum atomic E-state index is 5.71. The Hall–Kier alpha value is 0.347. The zero-order valence-electron chi connectivity index (χ0n) is 22.5. The molecule has 0 aliphatic carbocycles. The van der Waals surface area contributed by atoms with Gasteiger partial charge in [-0.25, -0.2) is 0 Å². The molecular weight excluding hydrogens is 438 g/mol. The molecule has 0 N–H and O–H groups in total. The van der Waals surface area contributed by atoms with Crippen molar-refractivity contribution in [1.29, 1.82) is 0 Å². The molecular formula is C26H56ClNO3Si. The summed E-state index contributed by atoms with van der Waals surface area (Å²) in [6.07, 6.45) is 21.9. The monoisotopic (exact) mass is 493 g/mol. The van der Waals surface area contributed by atoms with Gasteiger partial charge in [0.2, 0.25) is 0 Å². The van der Waals surface area contributed by atoms with Gasteiger partial charge in [-0.05, 0) is 45.4 Å². The second kappa shape index (κ2) is 17.7. The van der Waals surface area contributed by atoms with Crippen molar-refractivity contribution in [2.75, 3.05) is 41.5 Å². The highest BCUT2D eigenvalue weighted by Crippen LogP contribution is 2.37. The van der Waals surface area contributed by atoms with Crippen LogP contribution in [0.4, 0.5) is 0 Å². The quantitative estimate of drug-likeness (QED) is 0.182. The van der Waals surface area contributed by atoms with Crippen LogP contribution in [0.3, 0.4) is 0 Å². The van der Waals surface area contributed by atoms with Gasteiger partial charge in [0.15, 0.2) is 0 Å². The van der Waals surface area contributed by atoms with Crippen molar-refractivity contribution in [2.24, 2.45) is 0 Å². The highest BCUT2D eigenvalue weighted by Gasteiger charge is 2.44. The van der Waals surface area contributed by atoms with Crippen LogP contribution in [0.25, 0.3) is 0 Å². The van der Waals surface area contributed by atoms with Gasteiger partial charge in [-0.1, -0.05) is 58.3 Å². The molecule has 6 heteroatoms. The number of rotatable bonds is 16. The van der Waals surface area contributed by atoms with Gasteiger partial charge in [0, 0.05) is 40.2 Å². The molecule has 0 radical (unpaired) electrons. The molecule has 4 nitrogen and oxygen atoms in total. The fourth-order valence-electron chi connectivity index (χ4n) is 5.65. The van der Waals surface area contributed by atoms with Crippen molar-refractivity contribution in [3.63, 3.8) is 0 Å². The maximum absolute atomic E-state index is 5.71. The number of hydrogen-bond donors (Lipinski definition) is 0. The number of nitrogens with zero attached hydrogens (tertiary/aromatic N) is 1. The second-order valence-corrected chi connectivity index (χ2v) is 13.6. The molecule has 1 saturated heterocycles. The Bertz CT molecular complexity index is 433. The van der Waals surface area contributed by atoms with Crippen LogP contribution in [0.1, 0.15) is 117 Å². The lowest BCUT2D eigenvalue weighted by Crippen LogP contribution is -3.00. The largest absolute Gasteiger partial charge is 1.00 e. The number of quaternary nitrogens is 1. The molecule has 194 valence electrons. The molecule has 0 aromatic rings. The summed E-state index contributed by atoms with van der Waals surface area (Å²) >= 11 is 0. The van der Waals surface area contributed by atoms with Crippen LogP contribution >= 0.6 is 0 Å². The van der Waals surface area contributed by atoms with Crippen LogP contribution in [0.2, 0.25) is 6.04 Å². The predicted molar refractivity (Wildman–Crippen MR) is 135 cm³/mol. The molecule has 1 rings (SSSR count). The van der Waals surface area contributed by atoms with Crippen LogP contribution in [0.5, 0.6) is 0 Å². The first-order valence-corrected chi connectivity index (χ1v) is 15.3. The summed E-state index contributed by atoms with van der Waals surface area (Å²) in [4.78, 5) is 0. The van der Waals surface area contributed by atoms with Gasteiger partial charge < -0.3 is 30.2 Å². The number of halogens is 1. The standard InChI is InChI=1S/C26H56NO3Si.ClH/c1-7-8-9-10-11-14-17-21-26(2,22-20-25-31(28-4,29-5)30-6)27(3)23-18-15-12-13-16-19-24-27;/h7-25H2,1-6H3;1H/q+1;/p-1. The Morgan fingerprint density at radius 3 is 1.62 bits per heavy atom. The summed E-state index contributed by atoms with van der Waals surface area (Å²) < 4.78 is 18.4. The number of unbranched alkanes of at least 4 members (excludes halogenated alkanes) is 6. The van der Waals surface area contributed by atoms with Crippen LogP contribution < -0.4 is 12.4 Å². The summed E-state index contributed by atoms with van der Waals surface area (Å²) in [7, 11) is 5.32. The molecule has 32 heavy (non-hydrogen) atoms. The van der Waals surface area contributed by atoms with Gasteiger partial charge >= 0.3 is 8.80 Å². The molecule has 0 bridgehead atoms. The SMILES string of the molecule is CCCCCCCCCC(C)(CCC[Si](OC)(OC)OC)[N+]1(C)CCCCCCCC1.[Cl-]. The van der Waals surface area contributed by atoms with Gasteiger partial charge in [-0.2, -0.15) is 0 Å². The minimum atomic E-state index is -2.48. The van der Waals surface area contributed by atoms with Crippen molar-refractivity contribution in [1.82, 2.24) is 0 Å². The van der Waals surface area contributed by atoms with Crippen LogP contribution in [0, 0.1) is 0 Å². The molecule has 0 aromatic carbocycles. The van der Waals surface area contributed by atoms with E-state index in [4.69, 9.17) is 13.3 Å². The Kier molecular flexibility index (Phi) is 17.9.